The smallest absolute Gasteiger partial charge is 0.462 e. The molecule has 1 saturated heterocycles. The van der Waals surface area contributed by atoms with Crippen LogP contribution in [0.1, 0.15) is 29.9 Å². The second kappa shape index (κ2) is 10.5. The fourth-order valence-corrected chi connectivity index (χ4v) is 6.03. The molecule has 2 aliphatic heterocycles. The molecule has 5 rings (SSSR count). The molecular formula is C24H25BFN3O9S. The number of ether oxygens (including phenoxy) is 2. The molecule has 15 heteroatoms. The number of carbonyl (C=O) groups excluding carboxylic acids is 3. The fourth-order valence-electron chi connectivity index (χ4n) is 4.99. The number of nitrogens with zero attached hydrogens (tertiary/aromatic N) is 3. The number of methoxy groups -OCH3 is 1. The van der Waals surface area contributed by atoms with Gasteiger partial charge in [0.2, 0.25) is 5.43 Å². The fraction of sp³-hybridized carbons (Fsp3) is 0.417. The lowest BCUT2D eigenvalue weighted by Crippen LogP contribution is -2.45. The molecule has 0 aliphatic carbocycles. The van der Waals surface area contributed by atoms with E-state index in [1.165, 1.54) is 0 Å². The van der Waals surface area contributed by atoms with Crippen LogP contribution < -0.4 is 15.2 Å². The van der Waals surface area contributed by atoms with E-state index in [4.69, 9.17) is 23.4 Å². The van der Waals surface area contributed by atoms with Gasteiger partial charge in [0.15, 0.2) is 0 Å². The first-order valence-corrected chi connectivity index (χ1v) is 12.9. The lowest BCUT2D eigenvalue weighted by Gasteiger charge is -2.38. The standard InChI is InChI=1S/C24H25BFN3O9S/c1-12(30)36-25(37-13(2)31)38-24(33)18-22(32)16-7-17(26)20(28-5-6-35-15(9-28)10-34-4)21-19(16)29-14(8-27(21)3)11-39-23(18)29/h7,11,15H,5-6,8-10H2,1-4H3. The van der Waals surface area contributed by atoms with Gasteiger partial charge in [-0.05, 0) is 6.07 Å². The summed E-state index contributed by atoms with van der Waals surface area (Å²) in [6.45, 7) is 4.02. The van der Waals surface area contributed by atoms with E-state index in [9.17, 15) is 19.2 Å². The number of morpholine rings is 1. The molecule has 2 aliphatic rings. The van der Waals surface area contributed by atoms with Crippen molar-refractivity contribution in [3.05, 3.63) is 38.7 Å². The number of hydrogen-bond acceptors (Lipinski definition) is 12. The molecule has 1 unspecified atom stereocenters. The maximum atomic E-state index is 15.9. The van der Waals surface area contributed by atoms with Crippen LogP contribution in [0.3, 0.4) is 0 Å². The number of halogens is 1. The zero-order chi connectivity index (χ0) is 28.0. The number of benzene rings is 1. The lowest BCUT2D eigenvalue weighted by molar-refractivity contribution is -0.139. The molecule has 0 saturated carbocycles. The van der Waals surface area contributed by atoms with Gasteiger partial charge in [0.05, 0.1) is 53.8 Å². The number of carbonyl (C=O) groups is 3. The molecule has 0 N–H and O–H groups in total. The van der Waals surface area contributed by atoms with Crippen LogP contribution in [0.5, 0.6) is 0 Å². The van der Waals surface area contributed by atoms with Crippen molar-refractivity contribution in [2.24, 2.45) is 0 Å². The molecule has 1 aromatic carbocycles. The highest BCUT2D eigenvalue weighted by Crippen LogP contribution is 2.43. The van der Waals surface area contributed by atoms with Gasteiger partial charge < -0.3 is 33.2 Å². The van der Waals surface area contributed by atoms with E-state index in [0.29, 0.717) is 49.7 Å². The van der Waals surface area contributed by atoms with Crippen LogP contribution in [-0.2, 0) is 39.6 Å². The monoisotopic (exact) mass is 561 g/mol. The normalized spacial score (nSPS) is 16.6. The zero-order valence-electron chi connectivity index (χ0n) is 21.6. The predicted molar refractivity (Wildman–Crippen MR) is 140 cm³/mol. The molecule has 39 heavy (non-hydrogen) atoms. The van der Waals surface area contributed by atoms with Crippen LogP contribution in [0, 0.1) is 5.82 Å². The number of rotatable bonds is 7. The maximum Gasteiger partial charge on any atom is 0.870 e. The molecule has 4 heterocycles. The highest BCUT2D eigenvalue weighted by Gasteiger charge is 2.38. The van der Waals surface area contributed by atoms with E-state index < -0.39 is 42.0 Å². The Hall–Kier alpha value is -3.69. The molecule has 0 bridgehead atoms. The molecule has 1 fully saturated rings. The highest BCUT2D eigenvalue weighted by molar-refractivity contribution is 7.16. The molecule has 3 aromatic rings. The first kappa shape index (κ1) is 26.9. The first-order valence-electron chi connectivity index (χ1n) is 12.0. The molecular weight excluding hydrogens is 536 g/mol. The molecule has 12 nitrogen and oxygen atoms in total. The van der Waals surface area contributed by atoms with Gasteiger partial charge in [-0.15, -0.1) is 11.3 Å². The minimum atomic E-state index is -1.99. The summed E-state index contributed by atoms with van der Waals surface area (Å²) >= 11 is 1.14. The summed E-state index contributed by atoms with van der Waals surface area (Å²) < 4.78 is 43.2. The Morgan fingerprint density at radius 2 is 1.90 bits per heavy atom. The number of aromatic nitrogens is 1. The Bertz CT molecular complexity index is 1540. The summed E-state index contributed by atoms with van der Waals surface area (Å²) in [5, 5.41) is 1.77. The van der Waals surface area contributed by atoms with Gasteiger partial charge in [-0.2, -0.15) is 0 Å². The maximum absolute atomic E-state index is 15.9. The summed E-state index contributed by atoms with van der Waals surface area (Å²) in [7, 11) is 1.39. The van der Waals surface area contributed by atoms with E-state index in [-0.39, 0.29) is 16.3 Å². The highest BCUT2D eigenvalue weighted by atomic mass is 32.1. The lowest BCUT2D eigenvalue weighted by atomic mass is 10.0. The van der Waals surface area contributed by atoms with Crippen LogP contribution in [0.4, 0.5) is 15.8 Å². The average molecular weight is 561 g/mol. The summed E-state index contributed by atoms with van der Waals surface area (Å²) in [5.41, 5.74) is 0.918. The Morgan fingerprint density at radius 1 is 1.18 bits per heavy atom. The SMILES string of the molecule is COCC1CN(c2c(F)cc3c(=O)c(C(=O)OB(OC(C)=O)OC(C)=O)c4scc5n4c3c2N(C)C5)CCO1. The molecule has 0 spiro atoms. The van der Waals surface area contributed by atoms with Crippen molar-refractivity contribution >= 4 is 63.7 Å². The predicted octanol–water partition coefficient (Wildman–Crippen LogP) is 1.72. The van der Waals surface area contributed by atoms with Crippen molar-refractivity contribution in [3.63, 3.8) is 0 Å². The summed E-state index contributed by atoms with van der Waals surface area (Å²) in [5.74, 6) is -3.56. The Labute approximate surface area is 225 Å². The second-order valence-electron chi connectivity index (χ2n) is 9.19. The first-order chi connectivity index (χ1) is 18.6. The van der Waals surface area contributed by atoms with Crippen molar-refractivity contribution < 1.29 is 42.2 Å². The second-order valence-corrected chi connectivity index (χ2v) is 10.0. The number of anilines is 2. The van der Waals surface area contributed by atoms with E-state index in [1.54, 1.807) is 16.9 Å². The van der Waals surface area contributed by atoms with Gasteiger partial charge in [-0.3, -0.25) is 18.8 Å². The molecule has 2 aromatic heterocycles. The molecule has 1 atom stereocenters. The Morgan fingerprint density at radius 3 is 2.56 bits per heavy atom. The quantitative estimate of drug-likeness (QED) is 0.392. The largest absolute Gasteiger partial charge is 0.870 e. The van der Waals surface area contributed by atoms with E-state index in [0.717, 1.165) is 36.9 Å². The van der Waals surface area contributed by atoms with E-state index in [2.05, 4.69) is 0 Å². The number of pyridine rings is 1. The van der Waals surface area contributed by atoms with Gasteiger partial charge in [-0.25, -0.2) is 9.18 Å². The number of thiazole rings is 1. The molecule has 0 radical (unpaired) electrons. The van der Waals surface area contributed by atoms with Gasteiger partial charge >= 0.3 is 13.3 Å². The van der Waals surface area contributed by atoms with Crippen molar-refractivity contribution in [2.45, 2.75) is 26.5 Å². The Balaban J connectivity index is 1.67. The molecule has 206 valence electrons. The third-order valence-corrected chi connectivity index (χ3v) is 7.43. The zero-order valence-corrected chi connectivity index (χ0v) is 22.5. The van der Waals surface area contributed by atoms with Gasteiger partial charge in [0.1, 0.15) is 16.2 Å². The topological polar surface area (TPSA) is 125 Å². The van der Waals surface area contributed by atoms with Crippen LogP contribution in [-0.4, -0.2) is 76.2 Å². The van der Waals surface area contributed by atoms with Crippen LogP contribution in [0.15, 0.2) is 16.2 Å². The number of hydrogen-bond donors (Lipinski definition) is 0. The Kier molecular flexibility index (Phi) is 7.22. The van der Waals surface area contributed by atoms with Crippen molar-refractivity contribution in [1.29, 1.82) is 0 Å². The summed E-state index contributed by atoms with van der Waals surface area (Å²) in [6.07, 6.45) is -0.251. The van der Waals surface area contributed by atoms with Crippen LogP contribution in [0.2, 0.25) is 0 Å². The van der Waals surface area contributed by atoms with Gasteiger partial charge in [-0.1, -0.05) is 0 Å². The third kappa shape index (κ3) is 4.81. The van der Waals surface area contributed by atoms with E-state index >= 15 is 4.39 Å². The van der Waals surface area contributed by atoms with Crippen molar-refractivity contribution in [2.75, 3.05) is 50.3 Å². The van der Waals surface area contributed by atoms with Gasteiger partial charge in [0, 0.05) is 46.5 Å². The van der Waals surface area contributed by atoms with Crippen molar-refractivity contribution in [3.8, 4) is 0 Å². The van der Waals surface area contributed by atoms with Crippen LogP contribution in [0.25, 0.3) is 15.7 Å². The minimum Gasteiger partial charge on any atom is -0.462 e. The summed E-state index contributed by atoms with van der Waals surface area (Å²) in [6, 6.07) is 1.12. The minimum absolute atomic E-state index is 0.0277. The van der Waals surface area contributed by atoms with Crippen LogP contribution >= 0.6 is 11.3 Å². The van der Waals surface area contributed by atoms with Crippen molar-refractivity contribution in [1.82, 2.24) is 4.40 Å². The average Bonchev–Trinajstić information content (AvgIpc) is 3.26. The van der Waals surface area contributed by atoms with Gasteiger partial charge in [0.25, 0.3) is 11.9 Å². The summed E-state index contributed by atoms with van der Waals surface area (Å²) in [4.78, 5) is 53.8. The third-order valence-electron chi connectivity index (χ3n) is 6.43. The molecule has 0 amide bonds. The van der Waals surface area contributed by atoms with E-state index in [1.807, 2.05) is 16.8 Å².